The first-order valence-corrected chi connectivity index (χ1v) is 11.5. The molecule has 2 saturated heterocycles. The van der Waals surface area contributed by atoms with Gasteiger partial charge in [-0.25, -0.2) is 9.37 Å². The van der Waals surface area contributed by atoms with Gasteiger partial charge in [-0.1, -0.05) is 6.07 Å². The molecular weight excluding hydrogens is 421 g/mol. The smallest absolute Gasteiger partial charge is 0.253 e. The number of aromatic nitrogens is 2. The van der Waals surface area contributed by atoms with Crippen molar-refractivity contribution < 1.29 is 13.9 Å². The van der Waals surface area contributed by atoms with E-state index in [0.29, 0.717) is 30.0 Å². The Kier molecular flexibility index (Phi) is 6.09. The van der Waals surface area contributed by atoms with E-state index < -0.39 is 0 Å². The number of carbonyl (C=O) groups is 1. The lowest BCUT2D eigenvalue weighted by atomic mass is 10.0. The number of hydrogen-bond donors (Lipinski definition) is 1. The predicted octanol–water partition coefficient (Wildman–Crippen LogP) is 4.01. The Balaban J connectivity index is 1.55. The Hall–Kier alpha value is -3.26. The molecule has 1 unspecified atom stereocenters. The van der Waals surface area contributed by atoms with Crippen molar-refractivity contribution in [3.8, 4) is 0 Å². The summed E-state index contributed by atoms with van der Waals surface area (Å²) in [5.74, 6) is 0.515. The number of nitrogens with zero attached hydrogens (tertiary/aromatic N) is 4. The lowest BCUT2D eigenvalue weighted by molar-refractivity contribution is 0.0793. The molecule has 2 aliphatic heterocycles. The molecule has 2 fully saturated rings. The van der Waals surface area contributed by atoms with Crippen molar-refractivity contribution in [3.05, 3.63) is 59.5 Å². The molecule has 172 valence electrons. The second-order valence-electron chi connectivity index (χ2n) is 8.64. The minimum absolute atomic E-state index is 0.0210. The van der Waals surface area contributed by atoms with Gasteiger partial charge in [0.2, 0.25) is 0 Å². The Morgan fingerprint density at radius 2 is 1.91 bits per heavy atom. The number of morpholine rings is 1. The normalized spacial score (nSPS) is 17.4. The second-order valence-corrected chi connectivity index (χ2v) is 8.64. The summed E-state index contributed by atoms with van der Waals surface area (Å²) in [7, 11) is 0. The monoisotopic (exact) mass is 449 g/mol. The van der Waals surface area contributed by atoms with E-state index >= 15 is 0 Å². The molecule has 0 radical (unpaired) electrons. The van der Waals surface area contributed by atoms with Gasteiger partial charge in [0.25, 0.3) is 5.91 Å². The lowest BCUT2D eigenvalue weighted by Gasteiger charge is -2.28. The zero-order valence-electron chi connectivity index (χ0n) is 18.8. The van der Waals surface area contributed by atoms with E-state index in [1.54, 1.807) is 12.3 Å². The summed E-state index contributed by atoms with van der Waals surface area (Å²) in [5, 5.41) is 3.36. The van der Waals surface area contributed by atoms with Gasteiger partial charge < -0.3 is 19.9 Å². The molecule has 0 saturated carbocycles. The van der Waals surface area contributed by atoms with Crippen LogP contribution in [0, 0.1) is 5.82 Å². The van der Waals surface area contributed by atoms with Gasteiger partial charge in [0.05, 0.1) is 36.5 Å². The van der Waals surface area contributed by atoms with Crippen LogP contribution in [0.3, 0.4) is 0 Å². The quantitative estimate of drug-likeness (QED) is 0.635. The molecule has 8 heteroatoms. The first kappa shape index (κ1) is 21.6. The highest BCUT2D eigenvalue weighted by molar-refractivity contribution is 5.98. The highest BCUT2D eigenvalue weighted by Crippen LogP contribution is 2.29. The first-order chi connectivity index (χ1) is 16.1. The minimum atomic E-state index is -0.301. The van der Waals surface area contributed by atoms with Crippen molar-refractivity contribution in [1.82, 2.24) is 14.9 Å². The molecule has 1 aromatic heterocycles. The number of halogens is 1. The third kappa shape index (κ3) is 4.61. The molecule has 1 N–H and O–H groups in total. The molecule has 0 bridgehead atoms. The summed E-state index contributed by atoms with van der Waals surface area (Å²) >= 11 is 0. The maximum atomic E-state index is 13.7. The summed E-state index contributed by atoms with van der Waals surface area (Å²) in [4.78, 5) is 26.9. The van der Waals surface area contributed by atoms with Crippen molar-refractivity contribution in [2.45, 2.75) is 25.8 Å². The van der Waals surface area contributed by atoms with Crippen molar-refractivity contribution in [2.75, 3.05) is 49.6 Å². The number of likely N-dealkylation sites (tertiary alicyclic amines) is 1. The van der Waals surface area contributed by atoms with Gasteiger partial charge >= 0.3 is 0 Å². The molecule has 3 heterocycles. The van der Waals surface area contributed by atoms with Crippen LogP contribution in [0.2, 0.25) is 0 Å². The van der Waals surface area contributed by atoms with Gasteiger partial charge in [0.1, 0.15) is 11.6 Å². The maximum Gasteiger partial charge on any atom is 0.253 e. The standard InChI is InChI=1S/C25H28FN5O2/c1-17(28-20-6-4-5-19(26)15-20)21-13-18(25(32)31-7-2-3-8-31)14-22-24(21)29-23(16-27-22)30-9-11-33-12-10-30/h4-6,13-17,28H,2-3,7-12H2,1H3. The molecule has 7 nitrogen and oxygen atoms in total. The van der Waals surface area contributed by atoms with E-state index in [1.165, 1.54) is 12.1 Å². The highest BCUT2D eigenvalue weighted by atomic mass is 19.1. The second kappa shape index (κ2) is 9.31. The summed E-state index contributed by atoms with van der Waals surface area (Å²) in [6.45, 7) is 6.40. The zero-order chi connectivity index (χ0) is 22.8. The summed E-state index contributed by atoms with van der Waals surface area (Å²) < 4.78 is 19.2. The van der Waals surface area contributed by atoms with E-state index in [2.05, 4.69) is 15.2 Å². The van der Waals surface area contributed by atoms with E-state index in [4.69, 9.17) is 9.72 Å². The lowest BCUT2D eigenvalue weighted by Crippen LogP contribution is -2.36. The van der Waals surface area contributed by atoms with Gasteiger partial charge in [0.15, 0.2) is 0 Å². The van der Waals surface area contributed by atoms with Crippen molar-refractivity contribution in [2.24, 2.45) is 0 Å². The molecule has 3 aromatic rings. The average Bonchev–Trinajstić information content (AvgIpc) is 3.38. The fourth-order valence-corrected chi connectivity index (χ4v) is 4.54. The van der Waals surface area contributed by atoms with Gasteiger partial charge in [-0.3, -0.25) is 9.78 Å². The van der Waals surface area contributed by atoms with Crippen LogP contribution >= 0.6 is 0 Å². The number of fused-ring (bicyclic) bond motifs is 1. The number of amides is 1. The first-order valence-electron chi connectivity index (χ1n) is 11.5. The number of carbonyl (C=O) groups excluding carboxylic acids is 1. The van der Waals surface area contributed by atoms with E-state index in [-0.39, 0.29) is 17.8 Å². The fraction of sp³-hybridized carbons (Fsp3) is 0.400. The molecule has 0 spiro atoms. The van der Waals surface area contributed by atoms with Crippen LogP contribution in [0.15, 0.2) is 42.6 Å². The van der Waals surface area contributed by atoms with E-state index in [1.807, 2.05) is 30.0 Å². The molecule has 5 rings (SSSR count). The Labute approximate surface area is 192 Å². The number of anilines is 2. The predicted molar refractivity (Wildman–Crippen MR) is 126 cm³/mol. The van der Waals surface area contributed by atoms with Crippen molar-refractivity contribution in [1.29, 1.82) is 0 Å². The Morgan fingerprint density at radius 1 is 1.12 bits per heavy atom. The summed E-state index contributed by atoms with van der Waals surface area (Å²) in [6, 6.07) is 9.92. The number of benzene rings is 2. The zero-order valence-corrected chi connectivity index (χ0v) is 18.8. The third-order valence-corrected chi connectivity index (χ3v) is 6.31. The van der Waals surface area contributed by atoms with Gasteiger partial charge in [-0.05, 0) is 50.1 Å². The number of rotatable bonds is 5. The third-order valence-electron chi connectivity index (χ3n) is 6.31. The van der Waals surface area contributed by atoms with Gasteiger partial charge in [-0.15, -0.1) is 0 Å². The van der Waals surface area contributed by atoms with Crippen LogP contribution in [0.25, 0.3) is 11.0 Å². The Bertz CT molecular complexity index is 1160. The molecule has 0 aliphatic carbocycles. The maximum absolute atomic E-state index is 13.7. The number of nitrogens with one attached hydrogen (secondary N) is 1. The SMILES string of the molecule is CC(Nc1cccc(F)c1)c1cc(C(=O)N2CCCC2)cc2ncc(N3CCOCC3)nc12. The average molecular weight is 450 g/mol. The van der Waals surface area contributed by atoms with E-state index in [0.717, 1.165) is 55.9 Å². The van der Waals surface area contributed by atoms with Crippen molar-refractivity contribution >= 4 is 28.4 Å². The topological polar surface area (TPSA) is 70.6 Å². The number of ether oxygens (including phenoxy) is 1. The van der Waals surface area contributed by atoms with Crippen LogP contribution in [0.4, 0.5) is 15.9 Å². The molecular formula is C25H28FN5O2. The summed E-state index contributed by atoms with van der Waals surface area (Å²) in [6.07, 6.45) is 3.84. The highest BCUT2D eigenvalue weighted by Gasteiger charge is 2.23. The van der Waals surface area contributed by atoms with Crippen LogP contribution in [-0.2, 0) is 4.74 Å². The van der Waals surface area contributed by atoms with Crippen LogP contribution in [0.1, 0.15) is 41.7 Å². The number of hydrogen-bond acceptors (Lipinski definition) is 6. The molecule has 33 heavy (non-hydrogen) atoms. The minimum Gasteiger partial charge on any atom is -0.378 e. The molecule has 1 atom stereocenters. The van der Waals surface area contributed by atoms with Crippen LogP contribution in [-0.4, -0.2) is 60.2 Å². The van der Waals surface area contributed by atoms with E-state index in [9.17, 15) is 9.18 Å². The summed E-state index contributed by atoms with van der Waals surface area (Å²) in [5.41, 5.74) is 3.57. The van der Waals surface area contributed by atoms with Crippen molar-refractivity contribution in [3.63, 3.8) is 0 Å². The van der Waals surface area contributed by atoms with Gasteiger partial charge in [-0.2, -0.15) is 0 Å². The molecule has 1 amide bonds. The van der Waals surface area contributed by atoms with Crippen LogP contribution in [0.5, 0.6) is 0 Å². The Morgan fingerprint density at radius 3 is 2.67 bits per heavy atom. The molecule has 2 aromatic carbocycles. The largest absolute Gasteiger partial charge is 0.378 e. The molecule has 2 aliphatic rings. The van der Waals surface area contributed by atoms with Crippen LogP contribution < -0.4 is 10.2 Å². The fourth-order valence-electron chi connectivity index (χ4n) is 4.54. The van der Waals surface area contributed by atoms with Gasteiger partial charge in [0, 0.05) is 43.0 Å².